The average Bonchev–Trinajstić information content (AvgIpc) is 2.87. The van der Waals surface area contributed by atoms with Crippen molar-refractivity contribution in [1.82, 2.24) is 0 Å². The Hall–Kier alpha value is -3.35. The topological polar surface area (TPSA) is 121 Å². The summed E-state index contributed by atoms with van der Waals surface area (Å²) in [6.07, 6.45) is -2.99. The van der Waals surface area contributed by atoms with E-state index in [9.17, 15) is 19.5 Å². The fraction of sp³-hybridized carbons (Fsp3) is 0.516. The second-order valence-corrected chi connectivity index (χ2v) is 12.1. The number of nitrogens with zero attached hydrogens (tertiary/aromatic N) is 1. The largest absolute Gasteiger partial charge is 0.490 e. The first kappa shape index (κ1) is 35.8. The Bertz CT molecular complexity index is 1240. The highest BCUT2D eigenvalue weighted by Gasteiger charge is 2.40. The van der Waals surface area contributed by atoms with Crippen LogP contribution in [-0.4, -0.2) is 53.8 Å². The number of benzene rings is 2. The van der Waals surface area contributed by atoms with E-state index in [0.29, 0.717) is 17.7 Å². The quantitative estimate of drug-likeness (QED) is 0.0898. The van der Waals surface area contributed by atoms with E-state index in [0.717, 1.165) is 0 Å². The number of esters is 1. The molecule has 238 valence electrons. The highest BCUT2D eigenvalue weighted by Crippen LogP contribution is 2.43. The van der Waals surface area contributed by atoms with Gasteiger partial charge in [0, 0.05) is 17.5 Å². The van der Waals surface area contributed by atoms with Gasteiger partial charge in [-0.15, -0.1) is 0 Å². The number of imide groups is 1. The molecule has 0 spiro atoms. The van der Waals surface area contributed by atoms with Crippen LogP contribution in [-0.2, 0) is 20.1 Å². The van der Waals surface area contributed by atoms with Crippen LogP contribution < -0.4 is 14.4 Å². The first-order valence-corrected chi connectivity index (χ1v) is 14.3. The number of hydrogen-bond donors (Lipinski definition) is 2. The third-order valence-electron chi connectivity index (χ3n) is 5.68. The molecule has 2 amide bonds. The number of thiol groups is 1. The van der Waals surface area contributed by atoms with E-state index >= 15 is 4.39 Å². The fourth-order valence-corrected chi connectivity index (χ4v) is 4.06. The SMILES string of the molecule is CCCCOc1c(C(=O)Oc2ccccc2)c(C)c(F)c(CC(O)COS)c1N(C(=O)OC(C)(C)C)C(=O)OC(C)(C)C. The molecule has 0 heterocycles. The Morgan fingerprint density at radius 2 is 1.56 bits per heavy atom. The predicted octanol–water partition coefficient (Wildman–Crippen LogP) is 6.97. The molecule has 0 aliphatic heterocycles. The van der Waals surface area contributed by atoms with Gasteiger partial charge in [-0.1, -0.05) is 31.5 Å². The van der Waals surface area contributed by atoms with E-state index in [2.05, 4.69) is 12.9 Å². The Morgan fingerprint density at radius 3 is 2.05 bits per heavy atom. The number of halogens is 1. The molecule has 2 aromatic rings. The molecule has 0 radical (unpaired) electrons. The first-order chi connectivity index (χ1) is 20.0. The molecule has 0 fully saturated rings. The van der Waals surface area contributed by atoms with Crippen LogP contribution in [0, 0.1) is 12.7 Å². The van der Waals surface area contributed by atoms with Crippen LogP contribution in [0.2, 0.25) is 0 Å². The Kier molecular flexibility index (Phi) is 12.8. The second-order valence-electron chi connectivity index (χ2n) is 11.8. The van der Waals surface area contributed by atoms with Gasteiger partial charge in [-0.05, 0) is 79.9 Å². The summed E-state index contributed by atoms with van der Waals surface area (Å²) in [5, 5.41) is 10.6. The van der Waals surface area contributed by atoms with Gasteiger partial charge in [-0.25, -0.2) is 18.8 Å². The van der Waals surface area contributed by atoms with Crippen molar-refractivity contribution < 1.29 is 47.0 Å². The van der Waals surface area contributed by atoms with E-state index < -0.39 is 53.4 Å². The van der Waals surface area contributed by atoms with E-state index in [1.807, 2.05) is 6.92 Å². The Balaban J connectivity index is 3.01. The van der Waals surface area contributed by atoms with Crippen molar-refractivity contribution in [2.45, 2.75) is 92.0 Å². The lowest BCUT2D eigenvalue weighted by atomic mass is 9.95. The Labute approximate surface area is 258 Å². The second kappa shape index (κ2) is 15.4. The minimum atomic E-state index is -1.32. The molecule has 0 bridgehead atoms. The summed E-state index contributed by atoms with van der Waals surface area (Å²) < 4.78 is 43.8. The molecule has 0 aromatic heterocycles. The number of amides is 2. The van der Waals surface area contributed by atoms with Gasteiger partial charge in [0.05, 0.1) is 19.3 Å². The molecule has 0 saturated carbocycles. The van der Waals surface area contributed by atoms with E-state index in [1.165, 1.54) is 19.1 Å². The zero-order chi connectivity index (χ0) is 32.5. The van der Waals surface area contributed by atoms with Crippen molar-refractivity contribution in [2.75, 3.05) is 18.1 Å². The van der Waals surface area contributed by atoms with Crippen LogP contribution in [0.15, 0.2) is 30.3 Å². The van der Waals surface area contributed by atoms with Crippen LogP contribution in [0.25, 0.3) is 0 Å². The normalized spacial score (nSPS) is 12.3. The Morgan fingerprint density at radius 1 is 1.00 bits per heavy atom. The summed E-state index contributed by atoms with van der Waals surface area (Å²) in [7, 11) is 0. The number of carbonyl (C=O) groups is 3. The number of carbonyl (C=O) groups excluding carboxylic acids is 3. The molecule has 1 atom stereocenters. The molecule has 1 unspecified atom stereocenters. The number of ether oxygens (including phenoxy) is 4. The van der Waals surface area contributed by atoms with Crippen LogP contribution in [0.4, 0.5) is 19.7 Å². The number of aliphatic hydroxyl groups excluding tert-OH is 1. The van der Waals surface area contributed by atoms with E-state index in [1.54, 1.807) is 59.7 Å². The van der Waals surface area contributed by atoms with Crippen molar-refractivity contribution in [1.29, 1.82) is 0 Å². The number of hydrogen-bond acceptors (Lipinski definition) is 10. The first-order valence-electron chi connectivity index (χ1n) is 14.0. The van der Waals surface area contributed by atoms with Crippen molar-refractivity contribution in [3.63, 3.8) is 0 Å². The maximum absolute atomic E-state index is 16.4. The third-order valence-corrected chi connectivity index (χ3v) is 5.83. The molecule has 0 saturated heterocycles. The van der Waals surface area contributed by atoms with Gasteiger partial charge in [0.2, 0.25) is 0 Å². The minimum absolute atomic E-state index is 0.0401. The molecule has 10 nitrogen and oxygen atoms in total. The van der Waals surface area contributed by atoms with Gasteiger partial charge in [-0.3, -0.25) is 0 Å². The van der Waals surface area contributed by atoms with Gasteiger partial charge in [-0.2, -0.15) is 4.90 Å². The number of aliphatic hydroxyl groups is 1. The molecular formula is C31H42FNO9S. The summed E-state index contributed by atoms with van der Waals surface area (Å²) >= 11 is 3.67. The lowest BCUT2D eigenvalue weighted by Gasteiger charge is -2.32. The zero-order valence-electron chi connectivity index (χ0n) is 26.0. The van der Waals surface area contributed by atoms with Crippen LogP contribution >= 0.6 is 12.9 Å². The van der Waals surface area contributed by atoms with Crippen molar-refractivity contribution in [2.24, 2.45) is 0 Å². The summed E-state index contributed by atoms with van der Waals surface area (Å²) in [6.45, 7) is 12.5. The number of rotatable bonds is 11. The van der Waals surface area contributed by atoms with Gasteiger partial charge in [0.1, 0.15) is 34.0 Å². The molecule has 2 rings (SSSR count). The summed E-state index contributed by atoms with van der Waals surface area (Å²) in [6, 6.07) is 8.12. The maximum Gasteiger partial charge on any atom is 0.424 e. The predicted molar refractivity (Wildman–Crippen MR) is 163 cm³/mol. The summed E-state index contributed by atoms with van der Waals surface area (Å²) in [5.41, 5.74) is -3.47. The minimum Gasteiger partial charge on any atom is -0.490 e. The average molecular weight is 624 g/mol. The van der Waals surface area contributed by atoms with Crippen LogP contribution in [0.3, 0.4) is 0 Å². The van der Waals surface area contributed by atoms with Gasteiger partial charge in [0.25, 0.3) is 0 Å². The van der Waals surface area contributed by atoms with Crippen molar-refractivity contribution >= 4 is 36.8 Å². The van der Waals surface area contributed by atoms with Gasteiger partial charge >= 0.3 is 18.2 Å². The highest BCUT2D eigenvalue weighted by molar-refractivity contribution is 7.75. The standard InChI is InChI=1S/C31H42FNO9S/c1-9-10-16-38-26-23(27(35)40-21-14-12-11-13-15-21)19(2)24(32)22(17-20(34)18-39-43)25(26)33(28(36)41-30(3,4)5)29(37)42-31(6,7)8/h11-15,20,34,43H,9-10,16-18H2,1-8H3. The van der Waals surface area contributed by atoms with Crippen LogP contribution in [0.5, 0.6) is 11.5 Å². The van der Waals surface area contributed by atoms with Crippen molar-refractivity contribution in [3.8, 4) is 11.5 Å². The number of para-hydroxylation sites is 1. The molecule has 0 aliphatic carbocycles. The van der Waals surface area contributed by atoms with E-state index in [4.69, 9.17) is 23.1 Å². The van der Waals surface area contributed by atoms with Crippen LogP contribution in [0.1, 0.15) is 82.8 Å². The number of anilines is 1. The molecule has 2 aromatic carbocycles. The monoisotopic (exact) mass is 623 g/mol. The molecule has 12 heteroatoms. The smallest absolute Gasteiger partial charge is 0.424 e. The highest BCUT2D eigenvalue weighted by atomic mass is 32.1. The fourth-order valence-electron chi connectivity index (χ4n) is 3.89. The number of unbranched alkanes of at least 4 members (excludes halogenated alkanes) is 1. The van der Waals surface area contributed by atoms with E-state index in [-0.39, 0.29) is 41.4 Å². The molecular weight excluding hydrogens is 581 g/mol. The third kappa shape index (κ3) is 10.4. The van der Waals surface area contributed by atoms with Gasteiger partial charge in [0.15, 0.2) is 5.75 Å². The lowest BCUT2D eigenvalue weighted by molar-refractivity contribution is 0.0425. The van der Waals surface area contributed by atoms with Gasteiger partial charge < -0.3 is 28.2 Å². The summed E-state index contributed by atoms with van der Waals surface area (Å²) in [5.74, 6) is -2.10. The maximum atomic E-state index is 16.4. The molecule has 43 heavy (non-hydrogen) atoms. The lowest BCUT2D eigenvalue weighted by Crippen LogP contribution is -2.45. The summed E-state index contributed by atoms with van der Waals surface area (Å²) in [4.78, 5) is 41.6. The molecule has 0 aliphatic rings. The zero-order valence-corrected chi connectivity index (χ0v) is 26.9. The molecule has 1 N–H and O–H groups in total. The van der Waals surface area contributed by atoms with Crippen molar-refractivity contribution in [3.05, 3.63) is 52.8 Å².